The smallest absolute Gasteiger partial charge is 0.371 e. The summed E-state index contributed by atoms with van der Waals surface area (Å²) in [5.74, 6) is -1.30. The molecule has 84 valence electrons. The largest absolute Gasteiger partial charge is 0.475 e. The summed E-state index contributed by atoms with van der Waals surface area (Å²) in [4.78, 5) is 10.6. The van der Waals surface area contributed by atoms with E-state index in [0.717, 1.165) is 0 Å². The standard InChI is InChI=1S/C10H8N2O3.ClH/c11-9(12)5-1-2-7-6(3-5)4-8(15-7)10(13)14;/h1-4H,(H3,11,12)(H,13,14);1H. The summed E-state index contributed by atoms with van der Waals surface area (Å²) >= 11 is 0. The van der Waals surface area contributed by atoms with Crippen molar-refractivity contribution in [1.29, 1.82) is 5.41 Å². The number of nitrogen functional groups attached to an aromatic ring is 1. The van der Waals surface area contributed by atoms with Crippen LogP contribution < -0.4 is 5.73 Å². The minimum atomic E-state index is -1.12. The van der Waals surface area contributed by atoms with Gasteiger partial charge in [0.15, 0.2) is 0 Å². The fraction of sp³-hybridized carbons (Fsp3) is 0. The summed E-state index contributed by atoms with van der Waals surface area (Å²) in [5, 5.41) is 16.6. The van der Waals surface area contributed by atoms with Gasteiger partial charge in [0.05, 0.1) is 0 Å². The zero-order valence-corrected chi connectivity index (χ0v) is 8.88. The number of benzene rings is 1. The molecule has 0 aliphatic heterocycles. The molecule has 4 N–H and O–H groups in total. The topological polar surface area (TPSA) is 100 Å². The zero-order chi connectivity index (χ0) is 11.0. The Morgan fingerprint density at radius 1 is 1.38 bits per heavy atom. The number of amidine groups is 1. The van der Waals surface area contributed by atoms with E-state index in [4.69, 9.17) is 20.7 Å². The van der Waals surface area contributed by atoms with Gasteiger partial charge in [0.2, 0.25) is 5.76 Å². The Labute approximate surface area is 96.8 Å². The molecule has 0 saturated heterocycles. The molecule has 0 spiro atoms. The maximum atomic E-state index is 10.6. The predicted octanol–water partition coefficient (Wildman–Crippen LogP) is 1.84. The zero-order valence-electron chi connectivity index (χ0n) is 8.06. The third kappa shape index (κ3) is 1.99. The number of carboxylic acid groups (broad SMARTS) is 1. The van der Waals surface area contributed by atoms with Gasteiger partial charge in [0.25, 0.3) is 0 Å². The average molecular weight is 241 g/mol. The van der Waals surface area contributed by atoms with Gasteiger partial charge < -0.3 is 15.3 Å². The molecule has 0 saturated carbocycles. The Kier molecular flexibility index (Phi) is 3.20. The number of hydrogen-bond acceptors (Lipinski definition) is 3. The van der Waals surface area contributed by atoms with Crippen LogP contribution in [0.5, 0.6) is 0 Å². The lowest BCUT2D eigenvalue weighted by atomic mass is 10.1. The Morgan fingerprint density at radius 2 is 2.06 bits per heavy atom. The van der Waals surface area contributed by atoms with E-state index in [9.17, 15) is 4.79 Å². The number of aromatic carboxylic acids is 1. The minimum absolute atomic E-state index is 0. The van der Waals surface area contributed by atoms with Crippen molar-refractivity contribution < 1.29 is 14.3 Å². The van der Waals surface area contributed by atoms with Crippen molar-refractivity contribution in [3.8, 4) is 0 Å². The predicted molar refractivity (Wildman–Crippen MR) is 61.4 cm³/mol. The van der Waals surface area contributed by atoms with Crippen LogP contribution in [0, 0.1) is 5.41 Å². The highest BCUT2D eigenvalue weighted by atomic mass is 35.5. The van der Waals surface area contributed by atoms with E-state index in [1.807, 2.05) is 0 Å². The number of nitrogens with one attached hydrogen (secondary N) is 1. The molecular formula is C10H9ClN2O3. The summed E-state index contributed by atoms with van der Waals surface area (Å²) < 4.78 is 5.05. The fourth-order valence-corrected chi connectivity index (χ4v) is 1.32. The van der Waals surface area contributed by atoms with Crippen LogP contribution >= 0.6 is 12.4 Å². The van der Waals surface area contributed by atoms with Gasteiger partial charge >= 0.3 is 5.97 Å². The molecule has 0 fully saturated rings. The van der Waals surface area contributed by atoms with Crippen LogP contribution in [0.25, 0.3) is 11.0 Å². The highest BCUT2D eigenvalue weighted by Gasteiger charge is 2.10. The van der Waals surface area contributed by atoms with E-state index in [-0.39, 0.29) is 24.0 Å². The summed E-state index contributed by atoms with van der Waals surface area (Å²) in [5.41, 5.74) is 6.32. The van der Waals surface area contributed by atoms with Gasteiger partial charge in [-0.3, -0.25) is 5.41 Å². The van der Waals surface area contributed by atoms with Gasteiger partial charge in [-0.1, -0.05) is 0 Å². The maximum absolute atomic E-state index is 10.6. The summed E-state index contributed by atoms with van der Waals surface area (Å²) in [6, 6.07) is 6.23. The first-order chi connectivity index (χ1) is 7.08. The van der Waals surface area contributed by atoms with Crippen molar-refractivity contribution in [2.24, 2.45) is 5.73 Å². The molecule has 0 unspecified atom stereocenters. The summed E-state index contributed by atoms with van der Waals surface area (Å²) in [7, 11) is 0. The van der Waals surface area contributed by atoms with Crippen LogP contribution in [0.2, 0.25) is 0 Å². The van der Waals surface area contributed by atoms with Crippen LogP contribution in [-0.4, -0.2) is 16.9 Å². The first kappa shape index (κ1) is 12.1. The molecule has 0 amide bonds. The maximum Gasteiger partial charge on any atom is 0.371 e. The Bertz CT molecular complexity index is 550. The normalized spacial score (nSPS) is 9.75. The molecule has 1 aromatic heterocycles. The van der Waals surface area contributed by atoms with Crippen LogP contribution in [-0.2, 0) is 0 Å². The van der Waals surface area contributed by atoms with Crippen molar-refractivity contribution in [2.45, 2.75) is 0 Å². The molecule has 0 aliphatic carbocycles. The van der Waals surface area contributed by atoms with Gasteiger partial charge in [-0.15, -0.1) is 12.4 Å². The van der Waals surface area contributed by atoms with E-state index in [1.54, 1.807) is 18.2 Å². The SMILES string of the molecule is Cl.N=C(N)c1ccc2oc(C(=O)O)cc2c1. The minimum Gasteiger partial charge on any atom is -0.475 e. The van der Waals surface area contributed by atoms with E-state index >= 15 is 0 Å². The second-order valence-electron chi connectivity index (χ2n) is 3.08. The molecule has 2 rings (SSSR count). The van der Waals surface area contributed by atoms with Crippen molar-refractivity contribution in [1.82, 2.24) is 0 Å². The third-order valence-electron chi connectivity index (χ3n) is 2.04. The van der Waals surface area contributed by atoms with Gasteiger partial charge in [0.1, 0.15) is 11.4 Å². The Morgan fingerprint density at radius 3 is 2.62 bits per heavy atom. The van der Waals surface area contributed by atoms with Gasteiger partial charge in [-0.25, -0.2) is 4.79 Å². The van der Waals surface area contributed by atoms with E-state index in [2.05, 4.69) is 0 Å². The number of carbonyl (C=O) groups is 1. The lowest BCUT2D eigenvalue weighted by Gasteiger charge is -1.95. The van der Waals surface area contributed by atoms with Crippen molar-refractivity contribution in [3.63, 3.8) is 0 Å². The van der Waals surface area contributed by atoms with Crippen LogP contribution in [0.3, 0.4) is 0 Å². The van der Waals surface area contributed by atoms with Gasteiger partial charge in [-0.2, -0.15) is 0 Å². The Balaban J connectivity index is 0.00000128. The van der Waals surface area contributed by atoms with Gasteiger partial charge in [0, 0.05) is 10.9 Å². The van der Waals surface area contributed by atoms with Crippen LogP contribution in [0.4, 0.5) is 0 Å². The lowest BCUT2D eigenvalue weighted by Crippen LogP contribution is -2.10. The van der Waals surface area contributed by atoms with Crippen molar-refractivity contribution in [2.75, 3.05) is 0 Å². The van der Waals surface area contributed by atoms with Gasteiger partial charge in [-0.05, 0) is 24.3 Å². The molecule has 2 aromatic rings. The highest BCUT2D eigenvalue weighted by Crippen LogP contribution is 2.20. The number of halogens is 1. The van der Waals surface area contributed by atoms with Crippen LogP contribution in [0.15, 0.2) is 28.7 Å². The molecule has 1 aromatic carbocycles. The first-order valence-electron chi connectivity index (χ1n) is 4.19. The van der Waals surface area contributed by atoms with Crippen molar-refractivity contribution in [3.05, 3.63) is 35.6 Å². The molecule has 0 radical (unpaired) electrons. The number of rotatable bonds is 2. The second-order valence-corrected chi connectivity index (χ2v) is 3.08. The average Bonchev–Trinajstić information content (AvgIpc) is 2.59. The van der Waals surface area contributed by atoms with Crippen LogP contribution in [0.1, 0.15) is 16.1 Å². The second kappa shape index (κ2) is 4.24. The fourth-order valence-electron chi connectivity index (χ4n) is 1.32. The molecular weight excluding hydrogens is 232 g/mol. The lowest BCUT2D eigenvalue weighted by molar-refractivity contribution is 0.0665. The Hall–Kier alpha value is -2.01. The molecule has 16 heavy (non-hydrogen) atoms. The summed E-state index contributed by atoms with van der Waals surface area (Å²) in [6.07, 6.45) is 0. The molecule has 1 heterocycles. The number of nitrogens with two attached hydrogens (primary N) is 1. The third-order valence-corrected chi connectivity index (χ3v) is 2.04. The highest BCUT2D eigenvalue weighted by molar-refractivity contribution is 5.99. The molecule has 0 bridgehead atoms. The molecule has 6 heteroatoms. The number of hydrogen-bond donors (Lipinski definition) is 3. The molecule has 0 atom stereocenters. The number of carboxylic acids is 1. The van der Waals surface area contributed by atoms with Crippen molar-refractivity contribution >= 4 is 35.2 Å². The van der Waals surface area contributed by atoms with E-state index in [1.165, 1.54) is 6.07 Å². The first-order valence-corrected chi connectivity index (χ1v) is 4.19. The molecule has 5 nitrogen and oxygen atoms in total. The molecule has 0 aliphatic rings. The monoisotopic (exact) mass is 240 g/mol. The van der Waals surface area contributed by atoms with E-state index < -0.39 is 5.97 Å². The quantitative estimate of drug-likeness (QED) is 0.551. The number of fused-ring (bicyclic) bond motifs is 1. The van der Waals surface area contributed by atoms with E-state index in [0.29, 0.717) is 16.5 Å². The number of furan rings is 1. The summed E-state index contributed by atoms with van der Waals surface area (Å²) in [6.45, 7) is 0.